The van der Waals surface area contributed by atoms with Crippen molar-refractivity contribution in [3.05, 3.63) is 107 Å². The number of nitrogens with zero attached hydrogens (tertiary/aromatic N) is 4. The van der Waals surface area contributed by atoms with Crippen molar-refractivity contribution in [3.8, 4) is 5.75 Å². The molecule has 16 nitrogen and oxygen atoms in total. The van der Waals surface area contributed by atoms with Gasteiger partial charge in [-0.2, -0.15) is 5.06 Å². The minimum atomic E-state index is -0.464. The number of amidine groups is 1. The number of aromatic hydroxyl groups is 1. The third kappa shape index (κ3) is 15.1. The summed E-state index contributed by atoms with van der Waals surface area (Å²) in [6.07, 6.45) is 16.4. The first-order chi connectivity index (χ1) is 33.0. The number of fused-ring (bicyclic) bond motifs is 1. The number of hydroxylamine groups is 2. The number of benzene rings is 3. The van der Waals surface area contributed by atoms with Gasteiger partial charge in [-0.1, -0.05) is 76.1 Å². The van der Waals surface area contributed by atoms with Crippen molar-refractivity contribution in [2.24, 2.45) is 17.2 Å². The topological polar surface area (TPSA) is 236 Å². The molecule has 3 aromatic carbocycles. The van der Waals surface area contributed by atoms with Crippen LogP contribution in [0.15, 0.2) is 90.5 Å². The van der Waals surface area contributed by atoms with Gasteiger partial charge in [0.1, 0.15) is 17.9 Å². The third-order valence-corrected chi connectivity index (χ3v) is 13.1. The van der Waals surface area contributed by atoms with E-state index in [1.807, 2.05) is 36.2 Å². The Balaban J connectivity index is 0.779. The first kappa shape index (κ1) is 51.1. The van der Waals surface area contributed by atoms with E-state index in [2.05, 4.69) is 44.7 Å². The number of nitrogens with two attached hydrogens (primary N) is 3. The molecule has 0 spiro atoms. The summed E-state index contributed by atoms with van der Waals surface area (Å²) >= 11 is 0. The van der Waals surface area contributed by atoms with Crippen LogP contribution in [0.3, 0.4) is 0 Å². The zero-order valence-corrected chi connectivity index (χ0v) is 40.0. The van der Waals surface area contributed by atoms with Crippen LogP contribution in [0.2, 0.25) is 0 Å². The fourth-order valence-corrected chi connectivity index (χ4v) is 9.20. The number of ether oxygens (including phenoxy) is 1. The molecule has 2 fully saturated rings. The summed E-state index contributed by atoms with van der Waals surface area (Å²) in [4.78, 5) is 37.4. The van der Waals surface area contributed by atoms with Crippen LogP contribution < -0.4 is 37.6 Å². The van der Waals surface area contributed by atoms with E-state index in [-0.39, 0.29) is 41.0 Å². The molecule has 6 rings (SSSR count). The van der Waals surface area contributed by atoms with Gasteiger partial charge in [0, 0.05) is 86.3 Å². The molecule has 0 radical (unpaired) electrons. The van der Waals surface area contributed by atoms with Gasteiger partial charge in [-0.05, 0) is 85.7 Å². The summed E-state index contributed by atoms with van der Waals surface area (Å²) in [5.74, 6) is -0.253. The van der Waals surface area contributed by atoms with Gasteiger partial charge in [-0.25, -0.2) is 0 Å². The van der Waals surface area contributed by atoms with Crippen molar-refractivity contribution >= 4 is 40.4 Å². The second kappa shape index (κ2) is 26.3. The summed E-state index contributed by atoms with van der Waals surface area (Å²) in [6, 6.07) is 20.8. The summed E-state index contributed by atoms with van der Waals surface area (Å²) in [5, 5.41) is 35.2. The van der Waals surface area contributed by atoms with Crippen molar-refractivity contribution in [1.82, 2.24) is 15.3 Å². The number of phenols is 1. The number of phenolic OH excluding ortho intramolecular Hbond substituents is 1. The smallest absolute Gasteiger partial charge is 0.237 e. The molecule has 2 atom stereocenters. The maximum atomic E-state index is 13.0. The van der Waals surface area contributed by atoms with E-state index in [4.69, 9.17) is 37.6 Å². The van der Waals surface area contributed by atoms with Gasteiger partial charge in [0.2, 0.25) is 11.8 Å². The Bertz CT molecular complexity index is 2190. The Kier molecular flexibility index (Phi) is 19.8. The second-order valence-electron chi connectivity index (χ2n) is 18.1. The number of hydrogen-bond acceptors (Lipinski definition) is 13. The predicted molar refractivity (Wildman–Crippen MR) is 271 cm³/mol. The molecule has 3 aliphatic rings. The maximum absolute atomic E-state index is 13.0. The number of hydrogen-bond donors (Lipinski definition) is 8. The lowest BCUT2D eigenvalue weighted by molar-refractivity contribution is -0.212. The molecular formula is C52H75N11O5. The Morgan fingerprint density at radius 2 is 1.53 bits per heavy atom. The highest BCUT2D eigenvalue weighted by Gasteiger charge is 2.29. The lowest BCUT2D eigenvalue weighted by atomic mass is 10.0. The number of nitrogens with one attached hydrogen (secondary N) is 4. The van der Waals surface area contributed by atoms with E-state index in [9.17, 15) is 14.7 Å². The van der Waals surface area contributed by atoms with Gasteiger partial charge >= 0.3 is 0 Å². The van der Waals surface area contributed by atoms with Crippen LogP contribution in [0, 0.1) is 10.8 Å². The molecule has 0 aromatic heterocycles. The van der Waals surface area contributed by atoms with Crippen molar-refractivity contribution in [1.29, 1.82) is 10.8 Å². The molecule has 2 amide bonds. The van der Waals surface area contributed by atoms with Gasteiger partial charge in [0.05, 0.1) is 32.0 Å². The summed E-state index contributed by atoms with van der Waals surface area (Å²) < 4.78 is 6.18. The van der Waals surface area contributed by atoms with E-state index < -0.39 is 6.04 Å². The number of carbonyl (C=O) groups is 2. The number of para-hydroxylation sites is 1. The van der Waals surface area contributed by atoms with E-state index in [0.29, 0.717) is 44.6 Å². The molecule has 68 heavy (non-hydrogen) atoms. The van der Waals surface area contributed by atoms with E-state index in [0.717, 1.165) is 105 Å². The fourth-order valence-electron chi connectivity index (χ4n) is 9.20. The number of unbranched alkanes of at least 4 members (excludes halogenated alkanes) is 8. The van der Waals surface area contributed by atoms with Crippen LogP contribution in [0.5, 0.6) is 5.75 Å². The average molecular weight is 934 g/mol. The van der Waals surface area contributed by atoms with E-state index in [1.165, 1.54) is 50.7 Å². The molecule has 368 valence electrons. The lowest BCUT2D eigenvalue weighted by Gasteiger charge is -2.37. The number of carbonyl (C=O) groups excluding carboxylic acids is 2. The Labute approximate surface area is 402 Å². The number of rotatable bonds is 26. The summed E-state index contributed by atoms with van der Waals surface area (Å²) in [7, 11) is 0. The van der Waals surface area contributed by atoms with Crippen molar-refractivity contribution < 1.29 is 24.3 Å². The minimum absolute atomic E-state index is 0.0110. The monoisotopic (exact) mass is 934 g/mol. The van der Waals surface area contributed by atoms with Crippen LogP contribution in [0.25, 0.3) is 0 Å². The summed E-state index contributed by atoms with van der Waals surface area (Å²) in [5.41, 5.74) is 24.3. The lowest BCUT2D eigenvalue weighted by Crippen LogP contribution is -2.48. The zero-order valence-electron chi connectivity index (χ0n) is 40.0. The minimum Gasteiger partial charge on any atom is -0.507 e. The van der Waals surface area contributed by atoms with Crippen molar-refractivity contribution in [2.75, 3.05) is 67.5 Å². The molecule has 16 heteroatoms. The van der Waals surface area contributed by atoms with Gasteiger partial charge < -0.3 is 52.4 Å². The Morgan fingerprint density at radius 3 is 2.21 bits per heavy atom. The molecule has 2 unspecified atom stereocenters. The highest BCUT2D eigenvalue weighted by atomic mass is 16.7. The third-order valence-electron chi connectivity index (χ3n) is 13.1. The number of amides is 2. The molecule has 0 aliphatic carbocycles. The molecule has 11 N–H and O–H groups in total. The normalized spacial score (nSPS) is 17.3. The van der Waals surface area contributed by atoms with Crippen molar-refractivity contribution in [3.63, 3.8) is 0 Å². The van der Waals surface area contributed by atoms with Gasteiger partial charge in [0.15, 0.2) is 11.6 Å². The number of piperazine rings is 1. The predicted octanol–water partition coefficient (Wildman–Crippen LogP) is 6.83. The molecule has 2 saturated heterocycles. The number of piperidine rings is 1. The fraction of sp³-hybridized carbons (Fsp3) is 0.500. The molecule has 0 bridgehead atoms. The highest BCUT2D eigenvalue weighted by molar-refractivity contribution is 6.12. The first-order valence-corrected chi connectivity index (χ1v) is 24.7. The van der Waals surface area contributed by atoms with Gasteiger partial charge in [0.25, 0.3) is 0 Å². The van der Waals surface area contributed by atoms with Crippen LogP contribution >= 0.6 is 0 Å². The van der Waals surface area contributed by atoms with Crippen molar-refractivity contribution in [2.45, 2.75) is 116 Å². The SMILES string of the molecule is CCC(C(N)=O)N1Cc2c(cccc2NC/C(N)=C/NCCCCCCCCCCCC(=O)N2CCN(c3ccc(N4CCCC(O/C(=C/C(=N)c5ccccc5O)C(=N)N)C4)cc3)CC2)CO1. The Hall–Kier alpha value is -6.26. The zero-order chi connectivity index (χ0) is 48.3. The molecule has 3 heterocycles. The van der Waals surface area contributed by atoms with E-state index >= 15 is 0 Å². The van der Waals surface area contributed by atoms with Crippen LogP contribution in [0.1, 0.15) is 107 Å². The summed E-state index contributed by atoms with van der Waals surface area (Å²) in [6.45, 7) is 8.82. The first-order valence-electron chi connectivity index (χ1n) is 24.7. The van der Waals surface area contributed by atoms with Crippen LogP contribution in [-0.4, -0.2) is 103 Å². The second-order valence-corrected chi connectivity index (χ2v) is 18.1. The average Bonchev–Trinajstić information content (AvgIpc) is 3.34. The maximum Gasteiger partial charge on any atom is 0.237 e. The van der Waals surface area contributed by atoms with Gasteiger partial charge in [-0.3, -0.25) is 25.2 Å². The highest BCUT2D eigenvalue weighted by Crippen LogP contribution is 2.30. The molecule has 3 aliphatic heterocycles. The number of allylic oxidation sites excluding steroid dienone is 1. The number of primary amides is 1. The standard InChI is InChI=1S/C52H75N11O5/c1-2-47(52(57)66)63-36-44-38(37-67-63)16-14-19-46(44)59-34-39(53)33-58-26-13-9-7-5-3-4-6-8-10-21-50(65)61-30-28-60(29-31-61)40-22-24-41(25-23-40)62-27-15-17-42(35-62)68-49(51(55)56)32-45(54)43-18-11-12-20-48(43)64/h11-12,14,16,18-20,22-25,32-33,42,47,54,58-59,64H,2-10,13,15,17,21,26-31,34-37,53H2,1H3,(H3,55,56)(H2,57,66)/b39-33-,49-32+,54-45?. The molecule has 0 saturated carbocycles. The van der Waals surface area contributed by atoms with E-state index in [1.54, 1.807) is 23.3 Å². The van der Waals surface area contributed by atoms with Crippen LogP contribution in [-0.2, 0) is 32.3 Å². The number of anilines is 3. The molecular weight excluding hydrogens is 859 g/mol. The largest absolute Gasteiger partial charge is 0.507 e. The quantitative estimate of drug-likeness (QED) is 0.0179. The Morgan fingerprint density at radius 1 is 0.853 bits per heavy atom. The molecule has 3 aromatic rings. The van der Waals surface area contributed by atoms with Gasteiger partial charge in [-0.15, -0.1) is 0 Å². The van der Waals surface area contributed by atoms with Crippen LogP contribution in [0.4, 0.5) is 17.1 Å².